The lowest BCUT2D eigenvalue weighted by molar-refractivity contribution is -0.0497. The average molecular weight is 312 g/mol. The molecule has 3 nitrogen and oxygen atoms in total. The number of hydrogen-bond donors (Lipinski definition) is 1. The van der Waals surface area contributed by atoms with Crippen LogP contribution in [0.2, 0.25) is 0 Å². The van der Waals surface area contributed by atoms with Gasteiger partial charge in [0, 0.05) is 18.8 Å². The molecule has 4 aliphatic carbocycles. The highest BCUT2D eigenvalue weighted by molar-refractivity contribution is 5.91. The highest BCUT2D eigenvalue weighted by Crippen LogP contribution is 2.59. The van der Waals surface area contributed by atoms with Gasteiger partial charge >= 0.3 is 6.03 Å². The third-order valence-electron chi connectivity index (χ3n) is 6.41. The lowest BCUT2D eigenvalue weighted by atomic mass is 9.49. The monoisotopic (exact) mass is 312 g/mol. The molecule has 124 valence electrons. The Bertz CT molecular complexity index is 533. The fourth-order valence-corrected chi connectivity index (χ4v) is 5.92. The summed E-state index contributed by atoms with van der Waals surface area (Å²) in [5.74, 6) is 2.82. The van der Waals surface area contributed by atoms with E-state index in [2.05, 4.69) is 5.32 Å². The molecule has 0 radical (unpaired) electrons. The molecule has 0 aliphatic heterocycles. The maximum atomic E-state index is 12.7. The maximum absolute atomic E-state index is 12.7. The van der Waals surface area contributed by atoms with Gasteiger partial charge in [0.05, 0.1) is 0 Å². The number of carbonyl (C=O) groups excluding carboxylic acids is 1. The molecule has 4 saturated carbocycles. The van der Waals surface area contributed by atoms with Crippen LogP contribution in [0.4, 0.5) is 10.5 Å². The molecule has 5 rings (SSSR count). The Labute approximate surface area is 139 Å². The normalized spacial score (nSPS) is 34.4. The van der Waals surface area contributed by atoms with Crippen molar-refractivity contribution in [2.24, 2.45) is 23.2 Å². The summed E-state index contributed by atoms with van der Waals surface area (Å²) in [4.78, 5) is 14.5. The van der Waals surface area contributed by atoms with Crippen LogP contribution in [0.5, 0.6) is 0 Å². The fraction of sp³-hybridized carbons (Fsp3) is 0.650. The Morgan fingerprint density at radius 1 is 1.09 bits per heavy atom. The van der Waals surface area contributed by atoms with Gasteiger partial charge in [-0.05, 0) is 80.8 Å². The van der Waals surface area contributed by atoms with Crippen LogP contribution in [0.3, 0.4) is 0 Å². The van der Waals surface area contributed by atoms with Crippen molar-refractivity contribution in [2.75, 3.05) is 18.0 Å². The summed E-state index contributed by atoms with van der Waals surface area (Å²) in [6.07, 6.45) is 8.40. The van der Waals surface area contributed by atoms with E-state index in [1.54, 1.807) is 0 Å². The van der Waals surface area contributed by atoms with Gasteiger partial charge < -0.3 is 5.32 Å². The second kappa shape index (κ2) is 5.85. The number of urea groups is 1. The first-order chi connectivity index (χ1) is 11.2. The number of benzene rings is 1. The van der Waals surface area contributed by atoms with Crippen molar-refractivity contribution in [1.82, 2.24) is 5.32 Å². The number of carbonyl (C=O) groups is 1. The molecule has 23 heavy (non-hydrogen) atoms. The van der Waals surface area contributed by atoms with Crippen LogP contribution in [0, 0.1) is 23.2 Å². The summed E-state index contributed by atoms with van der Waals surface area (Å²) >= 11 is 0. The van der Waals surface area contributed by atoms with Gasteiger partial charge in [-0.3, -0.25) is 4.90 Å². The zero-order valence-corrected chi connectivity index (χ0v) is 14.1. The standard InChI is InChI=1S/C20H28N2O/c1-2-22(18-6-4-3-5-7-18)19(23)21-14-20-11-15-8-16(12-20)10-17(9-15)13-20/h3-7,15-17H,2,8-14H2,1H3,(H,21,23). The molecular formula is C20H28N2O. The summed E-state index contributed by atoms with van der Waals surface area (Å²) in [7, 11) is 0. The number of amides is 2. The third-order valence-corrected chi connectivity index (χ3v) is 6.41. The number of rotatable bonds is 4. The Hall–Kier alpha value is -1.51. The van der Waals surface area contributed by atoms with E-state index in [-0.39, 0.29) is 6.03 Å². The molecule has 4 fully saturated rings. The van der Waals surface area contributed by atoms with Crippen molar-refractivity contribution >= 4 is 11.7 Å². The minimum atomic E-state index is 0.0643. The topological polar surface area (TPSA) is 32.3 Å². The molecule has 4 bridgehead atoms. The molecule has 0 atom stereocenters. The summed E-state index contributed by atoms with van der Waals surface area (Å²) in [5, 5.41) is 3.28. The number of para-hydroxylation sites is 1. The van der Waals surface area contributed by atoms with E-state index in [1.165, 1.54) is 38.5 Å². The van der Waals surface area contributed by atoms with E-state index in [4.69, 9.17) is 0 Å². The Morgan fingerprint density at radius 3 is 2.17 bits per heavy atom. The maximum Gasteiger partial charge on any atom is 0.321 e. The van der Waals surface area contributed by atoms with Gasteiger partial charge in [0.1, 0.15) is 0 Å². The first-order valence-electron chi connectivity index (χ1n) is 9.28. The molecule has 4 aliphatic rings. The van der Waals surface area contributed by atoms with Gasteiger partial charge in [-0.2, -0.15) is 0 Å². The number of anilines is 1. The molecule has 1 N–H and O–H groups in total. The van der Waals surface area contributed by atoms with Crippen LogP contribution in [-0.2, 0) is 0 Å². The van der Waals surface area contributed by atoms with Crippen molar-refractivity contribution in [1.29, 1.82) is 0 Å². The van der Waals surface area contributed by atoms with Gasteiger partial charge in [0.15, 0.2) is 0 Å². The van der Waals surface area contributed by atoms with Crippen LogP contribution in [-0.4, -0.2) is 19.1 Å². The first kappa shape index (κ1) is 15.0. The van der Waals surface area contributed by atoms with Crippen molar-refractivity contribution in [3.63, 3.8) is 0 Å². The highest BCUT2D eigenvalue weighted by Gasteiger charge is 2.50. The highest BCUT2D eigenvalue weighted by atomic mass is 16.2. The number of nitrogens with one attached hydrogen (secondary N) is 1. The molecule has 1 aromatic carbocycles. The second-order valence-corrected chi connectivity index (χ2v) is 8.16. The summed E-state index contributed by atoms with van der Waals surface area (Å²) in [6, 6.07) is 10.1. The molecule has 0 heterocycles. The summed E-state index contributed by atoms with van der Waals surface area (Å²) < 4.78 is 0. The zero-order chi connectivity index (χ0) is 15.9. The number of nitrogens with zero attached hydrogens (tertiary/aromatic N) is 1. The molecule has 0 spiro atoms. The molecular weight excluding hydrogens is 284 g/mol. The van der Waals surface area contributed by atoms with Gasteiger partial charge in [0.2, 0.25) is 0 Å². The second-order valence-electron chi connectivity index (χ2n) is 8.16. The van der Waals surface area contributed by atoms with Crippen LogP contribution in [0.15, 0.2) is 30.3 Å². The average Bonchev–Trinajstić information content (AvgIpc) is 2.53. The van der Waals surface area contributed by atoms with E-state index in [0.29, 0.717) is 12.0 Å². The van der Waals surface area contributed by atoms with Crippen LogP contribution in [0.1, 0.15) is 45.4 Å². The van der Waals surface area contributed by atoms with Crippen molar-refractivity contribution < 1.29 is 4.79 Å². The third kappa shape index (κ3) is 2.86. The smallest absolute Gasteiger partial charge is 0.321 e. The van der Waals surface area contributed by atoms with E-state index in [0.717, 1.165) is 30.0 Å². The molecule has 1 aromatic rings. The predicted octanol–water partition coefficient (Wildman–Crippen LogP) is 4.44. The molecule has 0 unspecified atom stereocenters. The fourth-order valence-electron chi connectivity index (χ4n) is 5.92. The molecule has 0 saturated heterocycles. The van der Waals surface area contributed by atoms with Crippen LogP contribution < -0.4 is 10.2 Å². The lowest BCUT2D eigenvalue weighted by Gasteiger charge is -2.57. The Morgan fingerprint density at radius 2 is 1.65 bits per heavy atom. The van der Waals surface area contributed by atoms with Gasteiger partial charge in [-0.15, -0.1) is 0 Å². The zero-order valence-electron chi connectivity index (χ0n) is 14.1. The molecule has 3 heteroatoms. The minimum Gasteiger partial charge on any atom is -0.337 e. The lowest BCUT2D eigenvalue weighted by Crippen LogP contribution is -2.52. The summed E-state index contributed by atoms with van der Waals surface area (Å²) in [6.45, 7) is 3.62. The quantitative estimate of drug-likeness (QED) is 0.876. The number of hydrogen-bond acceptors (Lipinski definition) is 1. The SMILES string of the molecule is CCN(C(=O)NCC12CC3CC(CC(C3)C1)C2)c1ccccc1. The van der Waals surface area contributed by atoms with Gasteiger partial charge in [0.25, 0.3) is 0 Å². The predicted molar refractivity (Wildman–Crippen MR) is 93.5 cm³/mol. The first-order valence-corrected chi connectivity index (χ1v) is 9.28. The minimum absolute atomic E-state index is 0.0643. The van der Waals surface area contributed by atoms with Crippen molar-refractivity contribution in [3.8, 4) is 0 Å². The van der Waals surface area contributed by atoms with Gasteiger partial charge in [-0.1, -0.05) is 18.2 Å². The van der Waals surface area contributed by atoms with Gasteiger partial charge in [-0.25, -0.2) is 4.79 Å². The van der Waals surface area contributed by atoms with E-state index < -0.39 is 0 Å². The van der Waals surface area contributed by atoms with Crippen LogP contribution in [0.25, 0.3) is 0 Å². The largest absolute Gasteiger partial charge is 0.337 e. The molecule has 2 amide bonds. The summed E-state index contributed by atoms with van der Waals surface area (Å²) in [5.41, 5.74) is 1.39. The van der Waals surface area contributed by atoms with E-state index in [9.17, 15) is 4.79 Å². The van der Waals surface area contributed by atoms with E-state index >= 15 is 0 Å². The Kier molecular flexibility index (Phi) is 3.82. The van der Waals surface area contributed by atoms with E-state index in [1.807, 2.05) is 42.2 Å². The van der Waals surface area contributed by atoms with Crippen molar-refractivity contribution in [3.05, 3.63) is 30.3 Å². The van der Waals surface area contributed by atoms with Crippen LogP contribution >= 0.6 is 0 Å². The molecule has 0 aromatic heterocycles. The Balaban J connectivity index is 1.41. The van der Waals surface area contributed by atoms with Crippen molar-refractivity contribution in [2.45, 2.75) is 45.4 Å².